The summed E-state index contributed by atoms with van der Waals surface area (Å²) in [6.07, 6.45) is 2.07. The molecule has 3 aromatic carbocycles. The SMILES string of the molecule is CCCc1[nH]c(-c2ccc(C)cc2)nc1C(C(c1ccccc1)c1ccccc1)N1CCNCC1. The molecule has 0 spiro atoms. The van der Waals surface area contributed by atoms with Gasteiger partial charge in [-0.3, -0.25) is 4.90 Å². The number of H-pyrrole nitrogens is 1. The van der Waals surface area contributed by atoms with Gasteiger partial charge in [0, 0.05) is 43.4 Å². The van der Waals surface area contributed by atoms with Crippen molar-refractivity contribution in [2.24, 2.45) is 0 Å². The minimum absolute atomic E-state index is 0.152. The van der Waals surface area contributed by atoms with Crippen molar-refractivity contribution in [3.8, 4) is 11.4 Å². The van der Waals surface area contributed by atoms with Gasteiger partial charge in [-0.1, -0.05) is 104 Å². The molecule has 0 saturated carbocycles. The number of hydrogen-bond donors (Lipinski definition) is 2. The van der Waals surface area contributed by atoms with Gasteiger partial charge in [0.15, 0.2) is 0 Å². The van der Waals surface area contributed by atoms with Crippen molar-refractivity contribution in [2.45, 2.75) is 38.6 Å². The Morgan fingerprint density at radius 3 is 2.00 bits per heavy atom. The van der Waals surface area contributed by atoms with Crippen LogP contribution in [0.2, 0.25) is 0 Å². The van der Waals surface area contributed by atoms with Crippen LogP contribution in [-0.2, 0) is 6.42 Å². The van der Waals surface area contributed by atoms with Gasteiger partial charge in [0.1, 0.15) is 5.82 Å². The summed E-state index contributed by atoms with van der Waals surface area (Å²) in [5.74, 6) is 1.17. The normalized spacial score (nSPS) is 15.4. The predicted octanol–water partition coefficient (Wildman–Crippen LogP) is 6.12. The monoisotopic (exact) mass is 464 g/mol. The molecule has 1 aliphatic heterocycles. The first-order valence-electron chi connectivity index (χ1n) is 12.9. The lowest BCUT2D eigenvalue weighted by Gasteiger charge is -2.39. The minimum atomic E-state index is 0.152. The molecule has 2 heterocycles. The molecule has 1 aliphatic rings. The number of imidazole rings is 1. The second-order valence-corrected chi connectivity index (χ2v) is 9.60. The second-order valence-electron chi connectivity index (χ2n) is 9.60. The smallest absolute Gasteiger partial charge is 0.137 e. The van der Waals surface area contributed by atoms with E-state index in [1.807, 2.05) is 0 Å². The van der Waals surface area contributed by atoms with Crippen LogP contribution in [0.4, 0.5) is 0 Å². The Hall–Kier alpha value is -3.21. The molecule has 4 nitrogen and oxygen atoms in total. The number of nitrogens with one attached hydrogen (secondary N) is 2. The second kappa shape index (κ2) is 11.0. The van der Waals surface area contributed by atoms with Gasteiger partial charge in [-0.15, -0.1) is 0 Å². The van der Waals surface area contributed by atoms with Crippen molar-refractivity contribution in [3.05, 3.63) is 113 Å². The first-order chi connectivity index (χ1) is 17.2. The zero-order valence-electron chi connectivity index (χ0n) is 20.9. The maximum atomic E-state index is 5.36. The highest BCUT2D eigenvalue weighted by atomic mass is 15.2. The molecule has 0 aliphatic carbocycles. The number of aromatic amines is 1. The highest BCUT2D eigenvalue weighted by Gasteiger charge is 2.35. The van der Waals surface area contributed by atoms with Gasteiger partial charge in [0.25, 0.3) is 0 Å². The zero-order valence-corrected chi connectivity index (χ0v) is 20.9. The first kappa shape index (κ1) is 23.5. The fourth-order valence-electron chi connectivity index (χ4n) is 5.34. The van der Waals surface area contributed by atoms with Gasteiger partial charge in [-0.05, 0) is 24.5 Å². The third-order valence-corrected chi connectivity index (χ3v) is 7.09. The fraction of sp³-hybridized carbons (Fsp3) is 0.323. The highest BCUT2D eigenvalue weighted by molar-refractivity contribution is 5.57. The Morgan fingerprint density at radius 1 is 0.829 bits per heavy atom. The largest absolute Gasteiger partial charge is 0.342 e. The number of nitrogens with zero attached hydrogens (tertiary/aromatic N) is 2. The number of rotatable bonds is 8. The standard InChI is InChI=1S/C31H36N4/c1-3-10-27-29(34-31(33-27)26-17-15-23(2)16-18-26)30(35-21-19-32-20-22-35)28(24-11-6-4-7-12-24)25-13-8-5-9-14-25/h4-9,11-18,28,30,32H,3,10,19-22H2,1-2H3,(H,33,34). The van der Waals surface area contributed by atoms with Crippen molar-refractivity contribution in [1.82, 2.24) is 20.2 Å². The summed E-state index contributed by atoms with van der Waals surface area (Å²) in [6, 6.07) is 30.8. The fourth-order valence-corrected chi connectivity index (χ4v) is 5.34. The zero-order chi connectivity index (χ0) is 24.0. The number of piperazine rings is 1. The quantitative estimate of drug-likeness (QED) is 0.330. The lowest BCUT2D eigenvalue weighted by molar-refractivity contribution is 0.156. The van der Waals surface area contributed by atoms with E-state index in [2.05, 4.69) is 114 Å². The highest BCUT2D eigenvalue weighted by Crippen LogP contribution is 2.42. The Bertz CT molecular complexity index is 1150. The molecule has 1 atom stereocenters. The topological polar surface area (TPSA) is 44.0 Å². The van der Waals surface area contributed by atoms with Gasteiger partial charge in [0.05, 0.1) is 11.7 Å². The Labute approximate surface area is 209 Å². The summed E-state index contributed by atoms with van der Waals surface area (Å²) in [7, 11) is 0. The van der Waals surface area contributed by atoms with Crippen LogP contribution in [0.5, 0.6) is 0 Å². The Balaban J connectivity index is 1.68. The van der Waals surface area contributed by atoms with E-state index in [1.54, 1.807) is 0 Å². The summed E-state index contributed by atoms with van der Waals surface area (Å²) < 4.78 is 0. The van der Waals surface area contributed by atoms with Crippen LogP contribution in [0.3, 0.4) is 0 Å². The summed E-state index contributed by atoms with van der Waals surface area (Å²) in [6.45, 7) is 8.42. The molecule has 2 N–H and O–H groups in total. The van der Waals surface area contributed by atoms with E-state index >= 15 is 0 Å². The molecule has 180 valence electrons. The molecular formula is C31H36N4. The molecule has 1 unspecified atom stereocenters. The van der Waals surface area contributed by atoms with Crippen LogP contribution < -0.4 is 5.32 Å². The molecule has 0 radical (unpaired) electrons. The molecule has 1 aromatic heterocycles. The molecule has 5 rings (SSSR count). The van der Waals surface area contributed by atoms with Gasteiger partial charge in [0.2, 0.25) is 0 Å². The number of aromatic nitrogens is 2. The molecular weight excluding hydrogens is 428 g/mol. The Morgan fingerprint density at radius 2 is 1.43 bits per heavy atom. The molecule has 0 amide bonds. The van der Waals surface area contributed by atoms with E-state index in [1.165, 1.54) is 28.1 Å². The lowest BCUT2D eigenvalue weighted by Crippen LogP contribution is -2.47. The minimum Gasteiger partial charge on any atom is -0.342 e. The summed E-state index contributed by atoms with van der Waals surface area (Å²) >= 11 is 0. The molecule has 1 saturated heterocycles. The molecule has 35 heavy (non-hydrogen) atoms. The van der Waals surface area contributed by atoms with Gasteiger partial charge in [-0.25, -0.2) is 4.98 Å². The van der Waals surface area contributed by atoms with Crippen LogP contribution in [0.25, 0.3) is 11.4 Å². The van der Waals surface area contributed by atoms with Crippen LogP contribution in [0, 0.1) is 6.92 Å². The Kier molecular flexibility index (Phi) is 7.41. The van der Waals surface area contributed by atoms with Crippen molar-refractivity contribution in [2.75, 3.05) is 26.2 Å². The van der Waals surface area contributed by atoms with Crippen LogP contribution in [0.15, 0.2) is 84.9 Å². The maximum absolute atomic E-state index is 5.36. The van der Waals surface area contributed by atoms with E-state index in [0.29, 0.717) is 0 Å². The maximum Gasteiger partial charge on any atom is 0.137 e. The number of hydrogen-bond acceptors (Lipinski definition) is 3. The van der Waals surface area contributed by atoms with E-state index in [-0.39, 0.29) is 12.0 Å². The average molecular weight is 465 g/mol. The van der Waals surface area contributed by atoms with Crippen LogP contribution in [0.1, 0.15) is 53.4 Å². The van der Waals surface area contributed by atoms with Crippen molar-refractivity contribution in [1.29, 1.82) is 0 Å². The number of benzene rings is 3. The lowest BCUT2D eigenvalue weighted by atomic mass is 9.81. The summed E-state index contributed by atoms with van der Waals surface area (Å²) in [4.78, 5) is 11.7. The predicted molar refractivity (Wildman–Crippen MR) is 145 cm³/mol. The van der Waals surface area contributed by atoms with Gasteiger partial charge in [-0.2, -0.15) is 0 Å². The van der Waals surface area contributed by atoms with E-state index in [0.717, 1.165) is 50.4 Å². The third kappa shape index (κ3) is 5.24. The molecule has 4 aromatic rings. The molecule has 0 bridgehead atoms. The average Bonchev–Trinajstić information content (AvgIpc) is 3.32. The van der Waals surface area contributed by atoms with Crippen molar-refractivity contribution in [3.63, 3.8) is 0 Å². The van der Waals surface area contributed by atoms with Crippen molar-refractivity contribution >= 4 is 0 Å². The summed E-state index contributed by atoms with van der Waals surface area (Å²) in [5, 5.41) is 3.55. The van der Waals surface area contributed by atoms with E-state index < -0.39 is 0 Å². The van der Waals surface area contributed by atoms with E-state index in [4.69, 9.17) is 4.98 Å². The van der Waals surface area contributed by atoms with Crippen LogP contribution >= 0.6 is 0 Å². The first-order valence-corrected chi connectivity index (χ1v) is 12.9. The van der Waals surface area contributed by atoms with E-state index in [9.17, 15) is 0 Å². The third-order valence-electron chi connectivity index (χ3n) is 7.09. The van der Waals surface area contributed by atoms with Crippen LogP contribution in [-0.4, -0.2) is 41.0 Å². The van der Waals surface area contributed by atoms with Crippen molar-refractivity contribution < 1.29 is 0 Å². The molecule has 1 fully saturated rings. The summed E-state index contributed by atoms with van der Waals surface area (Å²) in [5.41, 5.74) is 7.55. The van der Waals surface area contributed by atoms with Gasteiger partial charge < -0.3 is 10.3 Å². The molecule has 4 heteroatoms. The van der Waals surface area contributed by atoms with Gasteiger partial charge >= 0.3 is 0 Å². The number of aryl methyl sites for hydroxylation is 2.